The van der Waals surface area contributed by atoms with Crippen molar-refractivity contribution in [1.82, 2.24) is 24.5 Å². The van der Waals surface area contributed by atoms with Crippen LogP contribution in [-0.2, 0) is 18.4 Å². The Balaban J connectivity index is 1.77. The first-order valence-corrected chi connectivity index (χ1v) is 6.79. The summed E-state index contributed by atoms with van der Waals surface area (Å²) in [6.07, 6.45) is 5.38. The number of aromatic nitrogens is 4. The highest BCUT2D eigenvalue weighted by molar-refractivity contribution is 5.79. The molecule has 1 aliphatic heterocycles. The standard InChI is InChI=1S/C13H19N5O/c1-10-13-11(16(2)14-10)8-18(15-13)9-12(19)17-6-4-3-5-7-17/h8H,3-7,9H2,1-2H3. The first-order valence-electron chi connectivity index (χ1n) is 6.79. The van der Waals surface area contributed by atoms with Crippen molar-refractivity contribution in [3.63, 3.8) is 0 Å². The SMILES string of the molecule is Cc1nn(C)c2cn(CC(=O)N3CCCCC3)nc12. The second kappa shape index (κ2) is 4.68. The minimum absolute atomic E-state index is 0.165. The lowest BCUT2D eigenvalue weighted by Crippen LogP contribution is -2.37. The normalized spacial score (nSPS) is 16.2. The second-order valence-electron chi connectivity index (χ2n) is 5.21. The highest BCUT2D eigenvalue weighted by atomic mass is 16.2. The predicted octanol–water partition coefficient (Wildman–Crippen LogP) is 1.09. The maximum absolute atomic E-state index is 12.2. The Bertz CT molecular complexity index is 571. The average Bonchev–Trinajstić information content (AvgIpc) is 2.93. The van der Waals surface area contributed by atoms with Crippen molar-refractivity contribution < 1.29 is 4.79 Å². The fourth-order valence-electron chi connectivity index (χ4n) is 2.69. The Morgan fingerprint density at radius 1 is 1.26 bits per heavy atom. The van der Waals surface area contributed by atoms with Gasteiger partial charge in [-0.15, -0.1) is 0 Å². The third-order valence-corrected chi connectivity index (χ3v) is 3.74. The minimum Gasteiger partial charge on any atom is -0.341 e. The predicted molar refractivity (Wildman–Crippen MR) is 71.7 cm³/mol. The van der Waals surface area contributed by atoms with Gasteiger partial charge in [-0.3, -0.25) is 14.2 Å². The summed E-state index contributed by atoms with van der Waals surface area (Å²) in [5.41, 5.74) is 2.76. The van der Waals surface area contributed by atoms with Gasteiger partial charge in [-0.1, -0.05) is 0 Å². The third-order valence-electron chi connectivity index (χ3n) is 3.74. The smallest absolute Gasteiger partial charge is 0.244 e. The molecular weight excluding hydrogens is 242 g/mol. The molecule has 1 amide bonds. The number of carbonyl (C=O) groups excluding carboxylic acids is 1. The molecule has 1 fully saturated rings. The number of carbonyl (C=O) groups is 1. The summed E-state index contributed by atoms with van der Waals surface area (Å²) in [4.78, 5) is 14.1. The topological polar surface area (TPSA) is 56.0 Å². The molecule has 0 bridgehead atoms. The Morgan fingerprint density at radius 3 is 2.68 bits per heavy atom. The Hall–Kier alpha value is -1.85. The molecule has 0 aliphatic carbocycles. The van der Waals surface area contributed by atoms with Crippen LogP contribution in [0.15, 0.2) is 6.20 Å². The van der Waals surface area contributed by atoms with Crippen LogP contribution in [0, 0.1) is 6.92 Å². The van der Waals surface area contributed by atoms with Gasteiger partial charge in [0.05, 0.1) is 11.9 Å². The summed E-state index contributed by atoms with van der Waals surface area (Å²) in [5.74, 6) is 0.165. The molecule has 6 nitrogen and oxygen atoms in total. The number of amides is 1. The van der Waals surface area contributed by atoms with Crippen LogP contribution in [0.1, 0.15) is 25.0 Å². The summed E-state index contributed by atoms with van der Waals surface area (Å²) in [5, 5.41) is 8.76. The molecule has 0 aromatic carbocycles. The largest absolute Gasteiger partial charge is 0.341 e. The van der Waals surface area contributed by atoms with Crippen LogP contribution < -0.4 is 0 Å². The van der Waals surface area contributed by atoms with Crippen LogP contribution in [-0.4, -0.2) is 43.5 Å². The van der Waals surface area contributed by atoms with Gasteiger partial charge < -0.3 is 4.90 Å². The number of aryl methyl sites for hydroxylation is 2. The van der Waals surface area contributed by atoms with Gasteiger partial charge in [0, 0.05) is 20.1 Å². The van der Waals surface area contributed by atoms with Crippen molar-refractivity contribution in [3.05, 3.63) is 11.9 Å². The van der Waals surface area contributed by atoms with Crippen LogP contribution in [0.25, 0.3) is 11.0 Å². The van der Waals surface area contributed by atoms with Gasteiger partial charge in [0.15, 0.2) is 0 Å². The van der Waals surface area contributed by atoms with Crippen molar-refractivity contribution in [1.29, 1.82) is 0 Å². The summed E-state index contributed by atoms with van der Waals surface area (Å²) < 4.78 is 3.54. The number of rotatable bonds is 2. The molecule has 0 N–H and O–H groups in total. The van der Waals surface area contributed by atoms with E-state index < -0.39 is 0 Å². The number of piperidine rings is 1. The number of likely N-dealkylation sites (tertiary alicyclic amines) is 1. The van der Waals surface area contributed by atoms with E-state index in [1.165, 1.54) is 6.42 Å². The molecular formula is C13H19N5O. The molecule has 1 saturated heterocycles. The number of nitrogens with zero attached hydrogens (tertiary/aromatic N) is 5. The maximum Gasteiger partial charge on any atom is 0.244 e. The fourth-order valence-corrected chi connectivity index (χ4v) is 2.69. The average molecular weight is 261 g/mol. The zero-order chi connectivity index (χ0) is 13.4. The van der Waals surface area contributed by atoms with Crippen molar-refractivity contribution in [2.75, 3.05) is 13.1 Å². The van der Waals surface area contributed by atoms with E-state index in [4.69, 9.17) is 0 Å². The number of hydrogen-bond acceptors (Lipinski definition) is 3. The van der Waals surface area contributed by atoms with Crippen molar-refractivity contribution in [2.45, 2.75) is 32.7 Å². The van der Waals surface area contributed by atoms with Crippen LogP contribution in [0.3, 0.4) is 0 Å². The van der Waals surface area contributed by atoms with Gasteiger partial charge in [0.25, 0.3) is 0 Å². The van der Waals surface area contributed by atoms with Crippen molar-refractivity contribution >= 4 is 16.9 Å². The van der Waals surface area contributed by atoms with E-state index >= 15 is 0 Å². The minimum atomic E-state index is 0.165. The van der Waals surface area contributed by atoms with E-state index in [1.54, 1.807) is 9.36 Å². The summed E-state index contributed by atoms with van der Waals surface area (Å²) in [6.45, 7) is 4.04. The lowest BCUT2D eigenvalue weighted by atomic mass is 10.1. The van der Waals surface area contributed by atoms with Crippen LogP contribution in [0.5, 0.6) is 0 Å². The molecule has 0 saturated carbocycles. The molecule has 1 aliphatic rings. The first kappa shape index (κ1) is 12.2. The molecule has 19 heavy (non-hydrogen) atoms. The van der Waals surface area contributed by atoms with E-state index in [0.29, 0.717) is 6.54 Å². The molecule has 0 radical (unpaired) electrons. The van der Waals surface area contributed by atoms with Crippen LogP contribution in [0.2, 0.25) is 0 Å². The van der Waals surface area contributed by atoms with Gasteiger partial charge in [-0.25, -0.2) is 0 Å². The molecule has 2 aromatic heterocycles. The molecule has 6 heteroatoms. The van der Waals surface area contributed by atoms with Crippen LogP contribution >= 0.6 is 0 Å². The van der Waals surface area contributed by atoms with Gasteiger partial charge in [-0.2, -0.15) is 10.2 Å². The zero-order valence-corrected chi connectivity index (χ0v) is 11.5. The van der Waals surface area contributed by atoms with E-state index in [2.05, 4.69) is 10.2 Å². The Kier molecular flexibility index (Phi) is 3.00. The second-order valence-corrected chi connectivity index (χ2v) is 5.21. The molecule has 0 atom stereocenters. The molecule has 3 heterocycles. The number of fused-ring (bicyclic) bond motifs is 1. The summed E-state index contributed by atoms with van der Waals surface area (Å²) in [6, 6.07) is 0. The van der Waals surface area contributed by atoms with Crippen molar-refractivity contribution in [2.24, 2.45) is 7.05 Å². The summed E-state index contributed by atoms with van der Waals surface area (Å²) >= 11 is 0. The van der Waals surface area contributed by atoms with Gasteiger partial charge in [-0.05, 0) is 26.2 Å². The van der Waals surface area contributed by atoms with E-state index in [0.717, 1.165) is 42.7 Å². The lowest BCUT2D eigenvalue weighted by molar-refractivity contribution is -0.132. The molecule has 0 spiro atoms. The van der Waals surface area contributed by atoms with E-state index in [-0.39, 0.29) is 5.91 Å². The van der Waals surface area contributed by atoms with E-state index in [9.17, 15) is 4.79 Å². The number of hydrogen-bond donors (Lipinski definition) is 0. The highest BCUT2D eigenvalue weighted by Gasteiger charge is 2.18. The van der Waals surface area contributed by atoms with E-state index in [1.807, 2.05) is 25.1 Å². The summed E-state index contributed by atoms with van der Waals surface area (Å²) in [7, 11) is 1.90. The quantitative estimate of drug-likeness (QED) is 0.813. The lowest BCUT2D eigenvalue weighted by Gasteiger charge is -2.26. The van der Waals surface area contributed by atoms with Crippen LogP contribution in [0.4, 0.5) is 0 Å². The molecule has 0 unspecified atom stereocenters. The molecule has 102 valence electrons. The van der Waals surface area contributed by atoms with Gasteiger partial charge >= 0.3 is 0 Å². The Morgan fingerprint density at radius 2 is 2.00 bits per heavy atom. The molecule has 3 rings (SSSR count). The fraction of sp³-hybridized carbons (Fsp3) is 0.615. The van der Waals surface area contributed by atoms with Gasteiger partial charge in [0.2, 0.25) is 5.91 Å². The zero-order valence-electron chi connectivity index (χ0n) is 11.5. The third kappa shape index (κ3) is 2.22. The highest BCUT2D eigenvalue weighted by Crippen LogP contribution is 2.15. The maximum atomic E-state index is 12.2. The Labute approximate surface area is 112 Å². The monoisotopic (exact) mass is 261 g/mol. The van der Waals surface area contributed by atoms with Gasteiger partial charge in [0.1, 0.15) is 17.6 Å². The first-order chi connectivity index (χ1) is 9.15. The van der Waals surface area contributed by atoms with Crippen molar-refractivity contribution in [3.8, 4) is 0 Å². The molecule has 2 aromatic rings.